The average molecular weight is 384 g/mol. The smallest absolute Gasteiger partial charge is 0.265 e. The maximum absolute atomic E-state index is 13.1. The quantitative estimate of drug-likeness (QED) is 0.810. The van der Waals surface area contributed by atoms with E-state index in [1.807, 2.05) is 11.8 Å². The van der Waals surface area contributed by atoms with Crippen LogP contribution in [0.15, 0.2) is 48.5 Å². The van der Waals surface area contributed by atoms with Gasteiger partial charge in [0, 0.05) is 13.1 Å². The molecule has 1 heterocycles. The van der Waals surface area contributed by atoms with Gasteiger partial charge in [0.05, 0.1) is 11.3 Å². The molecule has 148 valence electrons. The van der Waals surface area contributed by atoms with Gasteiger partial charge in [0.25, 0.3) is 11.8 Å². The fourth-order valence-electron chi connectivity index (χ4n) is 3.26. The van der Waals surface area contributed by atoms with Crippen LogP contribution in [0.25, 0.3) is 0 Å². The highest BCUT2D eigenvalue weighted by atomic mass is 19.1. The molecule has 0 spiro atoms. The molecule has 1 aliphatic heterocycles. The molecule has 1 fully saturated rings. The molecule has 2 aromatic rings. The van der Waals surface area contributed by atoms with E-state index < -0.39 is 6.10 Å². The van der Waals surface area contributed by atoms with E-state index in [4.69, 9.17) is 4.74 Å². The topological polar surface area (TPSA) is 58.6 Å². The second-order valence-corrected chi connectivity index (χ2v) is 6.86. The van der Waals surface area contributed by atoms with Gasteiger partial charge in [-0.3, -0.25) is 9.59 Å². The molecule has 2 amide bonds. The van der Waals surface area contributed by atoms with Gasteiger partial charge in [-0.15, -0.1) is 0 Å². The Bertz CT molecular complexity index is 817. The third-order valence-corrected chi connectivity index (χ3v) is 4.81. The van der Waals surface area contributed by atoms with E-state index >= 15 is 0 Å². The summed E-state index contributed by atoms with van der Waals surface area (Å²) in [4.78, 5) is 27.4. The van der Waals surface area contributed by atoms with Crippen molar-refractivity contribution in [1.82, 2.24) is 4.90 Å². The number of hydrogen-bond acceptors (Lipinski definition) is 3. The molecule has 28 heavy (non-hydrogen) atoms. The lowest BCUT2D eigenvalue weighted by atomic mass is 10.1. The van der Waals surface area contributed by atoms with Crippen LogP contribution in [0.4, 0.5) is 10.1 Å². The number of ether oxygens (including phenoxy) is 1. The molecular formula is C22H25FN2O3. The number of anilines is 1. The minimum absolute atomic E-state index is 0.0666. The summed E-state index contributed by atoms with van der Waals surface area (Å²) < 4.78 is 18.8. The van der Waals surface area contributed by atoms with Crippen molar-refractivity contribution in [3.63, 3.8) is 0 Å². The van der Waals surface area contributed by atoms with Crippen molar-refractivity contribution in [3.8, 4) is 5.75 Å². The van der Waals surface area contributed by atoms with E-state index in [9.17, 15) is 14.0 Å². The second-order valence-electron chi connectivity index (χ2n) is 6.86. The van der Waals surface area contributed by atoms with Crippen molar-refractivity contribution < 1.29 is 18.7 Å². The molecule has 5 nitrogen and oxygen atoms in total. The number of likely N-dealkylation sites (tertiary alicyclic amines) is 1. The summed E-state index contributed by atoms with van der Waals surface area (Å²) in [6.07, 6.45) is 2.84. The lowest BCUT2D eigenvalue weighted by Gasteiger charge is -2.27. The summed E-state index contributed by atoms with van der Waals surface area (Å²) in [6.45, 7) is 3.32. The fraction of sp³-hybridized carbons (Fsp3) is 0.364. The number of carbonyl (C=O) groups is 2. The SMILES string of the molecule is CC[C@@H](Oc1ccc(F)cc1)C(=O)Nc1ccccc1C(=O)N1CCCCC1. The molecule has 0 saturated carbocycles. The van der Waals surface area contributed by atoms with Crippen molar-refractivity contribution in [2.24, 2.45) is 0 Å². The van der Waals surface area contributed by atoms with Gasteiger partial charge in [0.15, 0.2) is 6.10 Å². The molecule has 2 aromatic carbocycles. The largest absolute Gasteiger partial charge is 0.481 e. The van der Waals surface area contributed by atoms with Crippen molar-refractivity contribution in [1.29, 1.82) is 0 Å². The number of rotatable bonds is 6. The van der Waals surface area contributed by atoms with Crippen LogP contribution in [-0.4, -0.2) is 35.9 Å². The van der Waals surface area contributed by atoms with Crippen molar-refractivity contribution in [2.75, 3.05) is 18.4 Å². The van der Waals surface area contributed by atoms with Crippen LogP contribution in [0.2, 0.25) is 0 Å². The highest BCUT2D eigenvalue weighted by Crippen LogP contribution is 2.21. The molecule has 0 unspecified atom stereocenters. The van der Waals surface area contributed by atoms with Gasteiger partial charge in [-0.05, 0) is 62.1 Å². The van der Waals surface area contributed by atoms with Crippen LogP contribution >= 0.6 is 0 Å². The molecule has 1 saturated heterocycles. The Morgan fingerprint density at radius 3 is 2.43 bits per heavy atom. The Morgan fingerprint density at radius 1 is 1.07 bits per heavy atom. The molecular weight excluding hydrogens is 359 g/mol. The van der Waals surface area contributed by atoms with E-state index in [0.29, 0.717) is 23.4 Å². The van der Waals surface area contributed by atoms with E-state index in [2.05, 4.69) is 5.32 Å². The molecule has 3 rings (SSSR count). The van der Waals surface area contributed by atoms with Gasteiger partial charge in [0.2, 0.25) is 0 Å². The van der Waals surface area contributed by atoms with Gasteiger partial charge < -0.3 is 15.0 Å². The van der Waals surface area contributed by atoms with Crippen LogP contribution in [-0.2, 0) is 4.79 Å². The van der Waals surface area contributed by atoms with Crippen LogP contribution in [0.3, 0.4) is 0 Å². The molecule has 1 aliphatic rings. The summed E-state index contributed by atoms with van der Waals surface area (Å²) in [5, 5.41) is 2.83. The number of benzene rings is 2. The van der Waals surface area contributed by atoms with Crippen LogP contribution < -0.4 is 10.1 Å². The third-order valence-electron chi connectivity index (χ3n) is 4.81. The molecule has 0 aliphatic carbocycles. The number of nitrogens with zero attached hydrogens (tertiary/aromatic N) is 1. The number of piperidine rings is 1. The first-order valence-electron chi connectivity index (χ1n) is 9.70. The first-order chi connectivity index (χ1) is 13.6. The van der Waals surface area contributed by atoms with Gasteiger partial charge in [-0.25, -0.2) is 4.39 Å². The first kappa shape index (κ1) is 19.9. The summed E-state index contributed by atoms with van der Waals surface area (Å²) in [5.41, 5.74) is 0.957. The molecule has 6 heteroatoms. The number of para-hydroxylation sites is 1. The third kappa shape index (κ3) is 4.88. The number of nitrogens with one attached hydrogen (secondary N) is 1. The molecule has 1 N–H and O–H groups in total. The molecule has 0 radical (unpaired) electrons. The molecule has 0 aromatic heterocycles. The zero-order chi connectivity index (χ0) is 19.9. The van der Waals surface area contributed by atoms with Crippen LogP contribution in [0.1, 0.15) is 43.0 Å². The number of hydrogen-bond donors (Lipinski definition) is 1. The lowest BCUT2D eigenvalue weighted by molar-refractivity contribution is -0.122. The molecule has 1 atom stereocenters. The Balaban J connectivity index is 1.72. The normalized spacial score (nSPS) is 15.0. The van der Waals surface area contributed by atoms with Gasteiger partial charge >= 0.3 is 0 Å². The number of carbonyl (C=O) groups excluding carboxylic acids is 2. The monoisotopic (exact) mass is 384 g/mol. The van der Waals surface area contributed by atoms with E-state index in [-0.39, 0.29) is 17.6 Å². The Kier molecular flexibility index (Phi) is 6.63. The summed E-state index contributed by atoms with van der Waals surface area (Å²) >= 11 is 0. The maximum atomic E-state index is 13.1. The predicted octanol–water partition coefficient (Wildman–Crippen LogP) is 4.25. The Labute approximate surface area is 164 Å². The zero-order valence-electron chi connectivity index (χ0n) is 16.0. The molecule has 0 bridgehead atoms. The van der Waals surface area contributed by atoms with Gasteiger partial charge in [0.1, 0.15) is 11.6 Å². The standard InChI is InChI=1S/C22H25FN2O3/c1-2-20(28-17-12-10-16(23)11-13-17)21(26)24-19-9-5-4-8-18(19)22(27)25-14-6-3-7-15-25/h4-5,8-13,20H,2-3,6-7,14-15H2,1H3,(H,24,26)/t20-/m1/s1. The fourth-order valence-corrected chi connectivity index (χ4v) is 3.26. The van der Waals surface area contributed by atoms with E-state index in [1.165, 1.54) is 24.3 Å². The average Bonchev–Trinajstić information content (AvgIpc) is 2.73. The van der Waals surface area contributed by atoms with Crippen LogP contribution in [0, 0.1) is 5.82 Å². The first-order valence-corrected chi connectivity index (χ1v) is 9.70. The van der Waals surface area contributed by atoms with Crippen molar-refractivity contribution in [2.45, 2.75) is 38.7 Å². The lowest BCUT2D eigenvalue weighted by Crippen LogP contribution is -2.37. The number of amides is 2. The van der Waals surface area contributed by atoms with Crippen molar-refractivity contribution >= 4 is 17.5 Å². The zero-order valence-corrected chi connectivity index (χ0v) is 16.0. The predicted molar refractivity (Wildman–Crippen MR) is 106 cm³/mol. The van der Waals surface area contributed by atoms with Crippen LogP contribution in [0.5, 0.6) is 5.75 Å². The minimum atomic E-state index is -0.747. The van der Waals surface area contributed by atoms with Crippen molar-refractivity contribution in [3.05, 3.63) is 59.9 Å². The number of halogens is 1. The Hall–Kier alpha value is -2.89. The maximum Gasteiger partial charge on any atom is 0.265 e. The Morgan fingerprint density at radius 2 is 1.75 bits per heavy atom. The van der Waals surface area contributed by atoms with E-state index in [0.717, 1.165) is 32.4 Å². The van der Waals surface area contributed by atoms with Gasteiger partial charge in [-0.1, -0.05) is 19.1 Å². The summed E-state index contributed by atoms with van der Waals surface area (Å²) in [6, 6.07) is 12.6. The highest BCUT2D eigenvalue weighted by Gasteiger charge is 2.24. The van der Waals surface area contributed by atoms with Gasteiger partial charge in [-0.2, -0.15) is 0 Å². The second kappa shape index (κ2) is 9.35. The summed E-state index contributed by atoms with van der Waals surface area (Å²) in [5.74, 6) is -0.357. The minimum Gasteiger partial charge on any atom is -0.481 e. The summed E-state index contributed by atoms with van der Waals surface area (Å²) in [7, 11) is 0. The van der Waals surface area contributed by atoms with E-state index in [1.54, 1.807) is 24.3 Å². The highest BCUT2D eigenvalue weighted by molar-refractivity contribution is 6.04.